The van der Waals surface area contributed by atoms with Crippen molar-refractivity contribution in [1.29, 1.82) is 0 Å². The Balaban J connectivity index is 1.71. The van der Waals surface area contributed by atoms with Gasteiger partial charge in [-0.15, -0.1) is 17.9 Å². The van der Waals surface area contributed by atoms with Crippen LogP contribution in [0.4, 0.5) is 4.79 Å². The number of pyridine rings is 1. The molecular weight excluding hydrogens is 1150 g/mol. The molecule has 4 rings (SSSR count). The Hall–Kier alpha value is -3.00. The van der Waals surface area contributed by atoms with Crippen molar-refractivity contribution in [3.63, 3.8) is 0 Å². The molecule has 1 fully saturated rings. The maximum atomic E-state index is 14.4. The first-order valence-electron chi connectivity index (χ1n) is 26.9. The monoisotopic (exact) mass is 1240 g/mol. The van der Waals surface area contributed by atoms with Crippen LogP contribution in [0.25, 0.3) is 0 Å². The molecule has 6 atom stereocenters. The highest BCUT2D eigenvalue weighted by atomic mass is 127. The molecule has 2 heterocycles. The first-order valence-corrected chi connectivity index (χ1v) is 36.4. The van der Waals surface area contributed by atoms with Crippen molar-refractivity contribution in [3.05, 3.63) is 62.5 Å². The number of methoxy groups -OCH3 is 1. The summed E-state index contributed by atoms with van der Waals surface area (Å²) in [6.07, 6.45) is 5.39. The smallest absolute Gasteiger partial charge is 0.408 e. The molecule has 2 aliphatic rings. The summed E-state index contributed by atoms with van der Waals surface area (Å²) in [5.41, 5.74) is 1.69. The van der Waals surface area contributed by atoms with Crippen LogP contribution < -0.4 is 14.8 Å². The van der Waals surface area contributed by atoms with Crippen LogP contribution in [-0.2, 0) is 48.7 Å². The molecule has 424 valence electrons. The van der Waals surface area contributed by atoms with Crippen molar-refractivity contribution >= 4 is 71.0 Å². The van der Waals surface area contributed by atoms with Gasteiger partial charge in [0.25, 0.3) is 0 Å². The Morgan fingerprint density at radius 3 is 2.11 bits per heavy atom. The average molecular weight is 1240 g/mol. The number of hydrogen-bond donors (Lipinski definition) is 1. The Kier molecular flexibility index (Phi) is 23.7. The number of nitrogens with zero attached hydrogens (tertiary/aromatic N) is 1. The predicted octanol–water partition coefficient (Wildman–Crippen LogP) is 13.6. The molecule has 14 nitrogen and oxygen atoms in total. The van der Waals surface area contributed by atoms with Gasteiger partial charge >= 0.3 is 12.1 Å². The molecule has 76 heavy (non-hydrogen) atoms. The third-order valence-corrected chi connectivity index (χ3v) is 30.7. The quantitative estimate of drug-likeness (QED) is 0.0181. The maximum absolute atomic E-state index is 14.4. The van der Waals surface area contributed by atoms with Gasteiger partial charge in [-0.3, -0.25) is 4.79 Å². The lowest BCUT2D eigenvalue weighted by atomic mass is 9.94. The van der Waals surface area contributed by atoms with Crippen molar-refractivity contribution in [3.8, 4) is 35.3 Å². The number of rotatable bonds is 26. The highest BCUT2D eigenvalue weighted by Gasteiger charge is 2.61. The average Bonchev–Trinajstić information content (AvgIpc) is 3.82. The minimum Gasteiger partial charge on any atom is -0.497 e. The molecule has 2 aromatic rings. The van der Waals surface area contributed by atoms with Crippen molar-refractivity contribution in [2.75, 3.05) is 27.1 Å². The number of carbonyl (C=O) groups excluding carboxylic acids is 2. The SMILES string of the molecule is C#C[C@@](CC#C[Si](CC)(CC)CC)(O[Si](CC)(CC)CC)[C@@H](COC(=O)C[C@@H](NC(=O)OC(C)(C)C)c1ccc(O[C@H]2C=C(I)[C@@]3(COC(C)(C)O3)[C@@H]2O[Si](C)(C)C(C)(C)C)c(Cl)n1)OCOCc1ccc(OC)cc1. The maximum Gasteiger partial charge on any atom is 0.408 e. The van der Waals surface area contributed by atoms with E-state index < -0.39 is 83.7 Å². The summed E-state index contributed by atoms with van der Waals surface area (Å²) in [7, 11) is -5.18. The minimum atomic E-state index is -2.48. The van der Waals surface area contributed by atoms with Gasteiger partial charge in [0.05, 0.1) is 44.9 Å². The summed E-state index contributed by atoms with van der Waals surface area (Å²) in [5, 5.41) is 2.71. The van der Waals surface area contributed by atoms with Gasteiger partial charge < -0.3 is 52.1 Å². The second kappa shape index (κ2) is 27.4. The third kappa shape index (κ3) is 17.0. The van der Waals surface area contributed by atoms with Gasteiger partial charge in [0, 0.05) is 3.58 Å². The molecule has 0 unspecified atom stereocenters. The number of alkyl carbamates (subject to hydrolysis) is 1. The number of ether oxygens (including phenoxy) is 8. The molecule has 1 aliphatic heterocycles. The number of aromatic nitrogens is 1. The van der Waals surface area contributed by atoms with Gasteiger partial charge in [0.1, 0.15) is 51.1 Å². The van der Waals surface area contributed by atoms with Crippen LogP contribution in [0, 0.1) is 23.8 Å². The zero-order chi connectivity index (χ0) is 57.0. The Morgan fingerprint density at radius 1 is 0.961 bits per heavy atom. The van der Waals surface area contributed by atoms with Crippen LogP contribution >= 0.6 is 34.2 Å². The summed E-state index contributed by atoms with van der Waals surface area (Å²) < 4.78 is 64.6. The van der Waals surface area contributed by atoms with Crippen molar-refractivity contribution in [2.24, 2.45) is 0 Å². The van der Waals surface area contributed by atoms with Gasteiger partial charge in [-0.05, 0) is 148 Å². The molecule has 0 radical (unpaired) electrons. The number of halogens is 2. The number of hydrogen-bond acceptors (Lipinski definition) is 13. The van der Waals surface area contributed by atoms with Crippen molar-refractivity contribution in [1.82, 2.24) is 10.3 Å². The summed E-state index contributed by atoms with van der Waals surface area (Å²) in [6.45, 7) is 33.0. The zero-order valence-corrected chi connectivity index (χ0v) is 54.4. The molecule has 1 N–H and O–H groups in total. The number of nitrogens with one attached hydrogen (secondary N) is 1. The molecule has 1 aromatic heterocycles. The normalized spacial score (nSPS) is 20.4. The van der Waals surface area contributed by atoms with Crippen LogP contribution in [0.15, 0.2) is 46.1 Å². The third-order valence-electron chi connectivity index (χ3n) is 15.3. The Morgan fingerprint density at radius 2 is 1.59 bits per heavy atom. The van der Waals surface area contributed by atoms with E-state index in [4.69, 9.17) is 69.8 Å². The van der Waals surface area contributed by atoms with Crippen LogP contribution in [0.3, 0.4) is 0 Å². The number of terminal acetylenes is 1. The van der Waals surface area contributed by atoms with Crippen LogP contribution in [-0.4, -0.2) is 110 Å². The van der Waals surface area contributed by atoms with E-state index in [0.717, 1.165) is 51.2 Å². The van der Waals surface area contributed by atoms with Gasteiger partial charge in [0.2, 0.25) is 0 Å². The van der Waals surface area contributed by atoms with E-state index >= 15 is 0 Å². The van der Waals surface area contributed by atoms with E-state index in [0.29, 0.717) is 0 Å². The van der Waals surface area contributed by atoms with E-state index in [1.165, 1.54) is 0 Å². The second-order valence-electron chi connectivity index (χ2n) is 22.9. The van der Waals surface area contributed by atoms with Gasteiger partial charge in [-0.1, -0.05) is 92.0 Å². The Bertz CT molecular complexity index is 2370. The Labute approximate surface area is 477 Å². The fourth-order valence-corrected chi connectivity index (χ4v) is 16.9. The molecule has 0 saturated carbocycles. The zero-order valence-electron chi connectivity index (χ0n) is 48.5. The van der Waals surface area contributed by atoms with Gasteiger partial charge in [-0.25, -0.2) is 9.78 Å². The van der Waals surface area contributed by atoms with E-state index in [-0.39, 0.29) is 61.1 Å². The van der Waals surface area contributed by atoms with Crippen LogP contribution in [0.1, 0.15) is 127 Å². The molecule has 0 bridgehead atoms. The largest absolute Gasteiger partial charge is 0.497 e. The minimum absolute atomic E-state index is 0.00176. The lowest BCUT2D eigenvalue weighted by molar-refractivity contribution is -0.173. The molecule has 1 aliphatic carbocycles. The first kappa shape index (κ1) is 65.5. The number of carbonyl (C=O) groups is 2. The summed E-state index contributed by atoms with van der Waals surface area (Å²) in [6, 6.07) is 15.2. The molecular formula is C57H88ClIN2O12Si3. The number of benzene rings is 1. The van der Waals surface area contributed by atoms with Crippen molar-refractivity contribution < 1.29 is 56.3 Å². The van der Waals surface area contributed by atoms with Crippen LogP contribution in [0.5, 0.6) is 11.5 Å². The van der Waals surface area contributed by atoms with Crippen molar-refractivity contribution in [2.45, 2.75) is 218 Å². The van der Waals surface area contributed by atoms with E-state index in [2.05, 4.69) is 121 Å². The van der Waals surface area contributed by atoms with E-state index in [1.54, 1.807) is 40.0 Å². The van der Waals surface area contributed by atoms with Crippen LogP contribution in [0.2, 0.25) is 59.5 Å². The summed E-state index contributed by atoms with van der Waals surface area (Å²) >= 11 is 9.29. The lowest BCUT2D eigenvalue weighted by Gasteiger charge is -2.44. The fourth-order valence-electron chi connectivity index (χ4n) is 8.95. The van der Waals surface area contributed by atoms with Gasteiger partial charge in [0.15, 0.2) is 44.5 Å². The second-order valence-corrected chi connectivity index (χ2v) is 38.8. The molecule has 1 aromatic carbocycles. The highest BCUT2D eigenvalue weighted by Crippen LogP contribution is 2.51. The predicted molar refractivity (Wildman–Crippen MR) is 316 cm³/mol. The standard InChI is InChI=1S/C57H88ClIN2O12Si3/c1-19-56(73-76(23-5,24-6)25-7,33-26-34-75(20-2,21-3)22-4)48(67-40-65-37-41-27-29-42(64-16)30-28-41)38-66-49(62)35-44(61-52(63)70-53(8,9)10)43-31-32-45(51(58)60-43)69-46-36-47(59)57(39-68-55(14,15)72-57)50(46)71-74(17,18)54(11,12)13/h1,27-32,36,44,46,48,50H,20-25,33,35,37-40H2,2-18H3,(H,61,63)/t44-,46+,48-,50-,56+,57+/m1/s1. The van der Waals surface area contributed by atoms with E-state index in [1.807, 2.05) is 44.2 Å². The fraction of sp³-hybridized carbons (Fsp3) is 0.667. The molecule has 19 heteroatoms. The first-order chi connectivity index (χ1) is 35.5. The summed E-state index contributed by atoms with van der Waals surface area (Å²) in [4.78, 5) is 32.6. The molecule has 1 saturated heterocycles. The molecule has 1 amide bonds. The number of amides is 1. The lowest BCUT2D eigenvalue weighted by Crippen LogP contribution is -2.56. The number of esters is 1. The topological polar surface area (TPSA) is 151 Å². The summed E-state index contributed by atoms with van der Waals surface area (Å²) in [5.74, 6) is 5.96. The molecule has 1 spiro atoms. The van der Waals surface area contributed by atoms with Gasteiger partial charge in [-0.2, -0.15) is 0 Å². The highest BCUT2D eigenvalue weighted by molar-refractivity contribution is 14.1. The van der Waals surface area contributed by atoms with E-state index in [9.17, 15) is 9.59 Å².